The molecule has 0 bridgehead atoms. The van der Waals surface area contributed by atoms with Gasteiger partial charge >= 0.3 is 174 Å². The number of rotatable bonds is 26. The second-order valence-electron chi connectivity index (χ2n) is 11.4. The second-order valence-corrected chi connectivity index (χ2v) is 16.8. The van der Waals surface area contributed by atoms with Crippen LogP contribution in [0.15, 0.2) is 0 Å². The Morgan fingerprint density at radius 2 is 0.484 bits per heavy atom. The molecule has 0 aliphatic heterocycles. The molecule has 0 nitrogen and oxygen atoms in total. The third-order valence-electron chi connectivity index (χ3n) is 7.41. The van der Waals surface area contributed by atoms with Crippen molar-refractivity contribution in [2.24, 2.45) is 0 Å². The summed E-state index contributed by atoms with van der Waals surface area (Å²) in [7, 11) is -0.898. The molecule has 1 heteroatoms. The minimum Gasteiger partial charge on any atom is -0.0654 e. The van der Waals surface area contributed by atoms with Gasteiger partial charge in [0, 0.05) is 0 Å². The van der Waals surface area contributed by atoms with E-state index >= 15 is 0 Å². The molecule has 0 heterocycles. The molecule has 0 aromatic rings. The molecular weight excluding hydrogens is 391 g/mol. The first-order valence-electron chi connectivity index (χ1n) is 15.1. The Morgan fingerprint density at radius 1 is 0.290 bits per heavy atom. The zero-order valence-corrected chi connectivity index (χ0v) is 23.9. The van der Waals surface area contributed by atoms with Gasteiger partial charge in [-0.2, -0.15) is 0 Å². The predicted molar refractivity (Wildman–Crippen MR) is 152 cm³/mol. The molecule has 0 rings (SSSR count). The molecule has 0 saturated heterocycles. The van der Waals surface area contributed by atoms with Crippen molar-refractivity contribution in [1.82, 2.24) is 0 Å². The van der Waals surface area contributed by atoms with Crippen molar-refractivity contribution in [3.63, 3.8) is 0 Å². The van der Waals surface area contributed by atoms with E-state index in [2.05, 4.69) is 27.2 Å². The van der Waals surface area contributed by atoms with Crippen LogP contribution in [-0.2, 0) is 0 Å². The zero-order valence-electron chi connectivity index (χ0n) is 22.9. The van der Waals surface area contributed by atoms with Crippen molar-refractivity contribution < 1.29 is 0 Å². The van der Waals surface area contributed by atoms with E-state index in [0.717, 1.165) is 0 Å². The van der Waals surface area contributed by atoms with E-state index in [1.165, 1.54) is 154 Å². The van der Waals surface area contributed by atoms with Gasteiger partial charge in [-0.15, -0.1) is 0 Å². The van der Waals surface area contributed by atoms with E-state index < -0.39 is 7.26 Å². The molecule has 0 aromatic heterocycles. The van der Waals surface area contributed by atoms with Crippen LogP contribution in [-0.4, -0.2) is 25.7 Å². The van der Waals surface area contributed by atoms with Gasteiger partial charge in [-0.25, -0.2) is 0 Å². The van der Waals surface area contributed by atoms with Crippen LogP contribution in [0.2, 0.25) is 0 Å². The standard InChI is InChI=1S/C30H65P/c1-5-7-9-11-13-15-17-19-21-23-25-27-29-31(3,4)30-28-26-24-22-20-18-16-14-12-10-8-6-2/h31H,5-30H2,1-4H3. The average Bonchev–Trinajstić information content (AvgIpc) is 2.75. The average molecular weight is 457 g/mol. The van der Waals surface area contributed by atoms with Crippen molar-refractivity contribution in [1.29, 1.82) is 0 Å². The molecule has 0 saturated carbocycles. The van der Waals surface area contributed by atoms with Crippen molar-refractivity contribution in [2.45, 2.75) is 168 Å². The molecule has 0 amide bonds. The molecular formula is C30H65P. The Hall–Kier alpha value is 0.430. The van der Waals surface area contributed by atoms with E-state index in [4.69, 9.17) is 0 Å². The summed E-state index contributed by atoms with van der Waals surface area (Å²) >= 11 is 0. The molecule has 0 atom stereocenters. The van der Waals surface area contributed by atoms with Crippen LogP contribution in [0, 0.1) is 0 Å². The summed E-state index contributed by atoms with van der Waals surface area (Å²) in [5.74, 6) is 0. The number of unbranched alkanes of at least 4 members (excludes halogenated alkanes) is 22. The van der Waals surface area contributed by atoms with E-state index in [1.807, 2.05) is 0 Å². The molecule has 190 valence electrons. The van der Waals surface area contributed by atoms with Crippen molar-refractivity contribution in [3.05, 3.63) is 0 Å². The van der Waals surface area contributed by atoms with Crippen LogP contribution in [0.3, 0.4) is 0 Å². The molecule has 0 unspecified atom stereocenters. The van der Waals surface area contributed by atoms with E-state index in [-0.39, 0.29) is 0 Å². The fraction of sp³-hybridized carbons (Fsp3) is 1.00. The van der Waals surface area contributed by atoms with Gasteiger partial charge < -0.3 is 0 Å². The van der Waals surface area contributed by atoms with Gasteiger partial charge in [-0.05, 0) is 0 Å². The molecule has 31 heavy (non-hydrogen) atoms. The van der Waals surface area contributed by atoms with Crippen LogP contribution >= 0.6 is 7.26 Å². The van der Waals surface area contributed by atoms with E-state index in [1.54, 1.807) is 12.3 Å². The summed E-state index contributed by atoms with van der Waals surface area (Å²) in [6, 6.07) is 0. The zero-order chi connectivity index (χ0) is 22.9. The third-order valence-corrected chi connectivity index (χ3v) is 10.8. The maximum atomic E-state index is 2.66. The molecule has 0 aliphatic carbocycles. The summed E-state index contributed by atoms with van der Waals surface area (Å²) in [6.07, 6.45) is 38.7. The molecule has 0 aliphatic rings. The van der Waals surface area contributed by atoms with Crippen molar-refractivity contribution in [3.8, 4) is 0 Å². The molecule has 0 aromatic carbocycles. The summed E-state index contributed by atoms with van der Waals surface area (Å²) in [4.78, 5) is 0. The maximum absolute atomic E-state index is 2.66. The minimum absolute atomic E-state index is 0.898. The van der Waals surface area contributed by atoms with Gasteiger partial charge in [0.25, 0.3) is 0 Å². The quantitative estimate of drug-likeness (QED) is 0.0896. The normalized spacial score (nSPS) is 12.5. The SMILES string of the molecule is CCCCCCCCCCCCCC[PH](C)(C)CCCCCCCCCCCCCC. The molecule has 0 N–H and O–H groups in total. The third kappa shape index (κ3) is 26.6. The molecule has 0 fully saturated rings. The van der Waals surface area contributed by atoms with Gasteiger partial charge in [-0.1, -0.05) is 26.7 Å². The minimum atomic E-state index is -0.898. The summed E-state index contributed by atoms with van der Waals surface area (Å²) in [5, 5.41) is 0. The first-order chi connectivity index (χ1) is 15.1. The van der Waals surface area contributed by atoms with E-state index in [0.29, 0.717) is 0 Å². The fourth-order valence-electron chi connectivity index (χ4n) is 5.01. The Bertz CT molecular complexity index is 292. The van der Waals surface area contributed by atoms with Gasteiger partial charge in [0.05, 0.1) is 0 Å². The molecule has 0 spiro atoms. The Balaban J connectivity index is 3.29. The van der Waals surface area contributed by atoms with Gasteiger partial charge in [0.15, 0.2) is 0 Å². The Labute approximate surface area is 200 Å². The Morgan fingerprint density at radius 3 is 0.710 bits per heavy atom. The van der Waals surface area contributed by atoms with Crippen LogP contribution in [0.4, 0.5) is 0 Å². The predicted octanol–water partition coefficient (Wildman–Crippen LogP) is 11.4. The van der Waals surface area contributed by atoms with Crippen LogP contribution < -0.4 is 0 Å². The second kappa shape index (κ2) is 25.1. The monoisotopic (exact) mass is 456 g/mol. The van der Waals surface area contributed by atoms with Gasteiger partial charge in [-0.3, -0.25) is 0 Å². The van der Waals surface area contributed by atoms with Crippen LogP contribution in [0.25, 0.3) is 0 Å². The van der Waals surface area contributed by atoms with Gasteiger partial charge in [0.2, 0.25) is 0 Å². The first-order valence-corrected chi connectivity index (χ1v) is 18.5. The number of hydrogen-bond acceptors (Lipinski definition) is 0. The van der Waals surface area contributed by atoms with Crippen LogP contribution in [0.1, 0.15) is 168 Å². The smallest absolute Gasteiger partial charge is 0.0654 e. The molecule has 0 radical (unpaired) electrons. The summed E-state index contributed by atoms with van der Waals surface area (Å²) in [6.45, 7) is 9.93. The van der Waals surface area contributed by atoms with Crippen molar-refractivity contribution in [2.75, 3.05) is 25.7 Å². The number of hydrogen-bond donors (Lipinski definition) is 0. The van der Waals surface area contributed by atoms with E-state index in [9.17, 15) is 0 Å². The van der Waals surface area contributed by atoms with Crippen LogP contribution in [0.5, 0.6) is 0 Å². The first kappa shape index (κ1) is 31.4. The fourth-order valence-corrected chi connectivity index (χ4v) is 7.68. The summed E-state index contributed by atoms with van der Waals surface area (Å²) in [5.41, 5.74) is 0. The van der Waals surface area contributed by atoms with Crippen molar-refractivity contribution >= 4 is 7.26 Å². The van der Waals surface area contributed by atoms with Gasteiger partial charge in [0.1, 0.15) is 0 Å². The topological polar surface area (TPSA) is 0 Å². The summed E-state index contributed by atoms with van der Waals surface area (Å²) < 4.78 is 0. The Kier molecular flexibility index (Phi) is 25.4.